The SMILES string of the molecule is CC(C)NC(CO)c1cc(F)c(F)c(F)c1. The van der Waals surface area contributed by atoms with Crippen LogP contribution in [0.4, 0.5) is 13.2 Å². The molecule has 16 heavy (non-hydrogen) atoms. The van der Waals surface area contributed by atoms with E-state index in [1.165, 1.54) is 0 Å². The van der Waals surface area contributed by atoms with E-state index in [0.29, 0.717) is 0 Å². The van der Waals surface area contributed by atoms with E-state index in [1.807, 2.05) is 13.8 Å². The highest BCUT2D eigenvalue weighted by molar-refractivity contribution is 5.22. The molecule has 90 valence electrons. The van der Waals surface area contributed by atoms with Crippen molar-refractivity contribution in [3.05, 3.63) is 35.1 Å². The van der Waals surface area contributed by atoms with Gasteiger partial charge in [0.05, 0.1) is 12.6 Å². The van der Waals surface area contributed by atoms with E-state index in [9.17, 15) is 13.2 Å². The van der Waals surface area contributed by atoms with Crippen molar-refractivity contribution in [2.45, 2.75) is 25.9 Å². The third-order valence-corrected chi connectivity index (χ3v) is 2.13. The number of halogens is 3. The van der Waals surface area contributed by atoms with Gasteiger partial charge in [0.25, 0.3) is 0 Å². The second kappa shape index (κ2) is 5.32. The highest BCUT2D eigenvalue weighted by atomic mass is 19.2. The van der Waals surface area contributed by atoms with Crippen LogP contribution in [0.5, 0.6) is 0 Å². The molecule has 5 heteroatoms. The largest absolute Gasteiger partial charge is 0.394 e. The Morgan fingerprint density at radius 1 is 1.19 bits per heavy atom. The summed E-state index contributed by atoms with van der Waals surface area (Å²) in [6, 6.07) is 1.20. The molecule has 0 spiro atoms. The average Bonchev–Trinajstić information content (AvgIpc) is 2.21. The summed E-state index contributed by atoms with van der Waals surface area (Å²) in [7, 11) is 0. The van der Waals surface area contributed by atoms with Gasteiger partial charge in [0.1, 0.15) is 0 Å². The van der Waals surface area contributed by atoms with E-state index in [1.54, 1.807) is 0 Å². The number of aliphatic hydroxyl groups excluding tert-OH is 1. The number of hydrogen-bond acceptors (Lipinski definition) is 2. The number of nitrogens with one attached hydrogen (secondary N) is 1. The maximum Gasteiger partial charge on any atom is 0.194 e. The van der Waals surface area contributed by atoms with Crippen LogP contribution in [-0.2, 0) is 0 Å². The zero-order chi connectivity index (χ0) is 12.3. The van der Waals surface area contributed by atoms with Crippen molar-refractivity contribution in [1.29, 1.82) is 0 Å². The standard InChI is InChI=1S/C11H14F3NO/c1-6(2)15-10(5-16)7-3-8(12)11(14)9(13)4-7/h3-4,6,10,15-16H,5H2,1-2H3. The van der Waals surface area contributed by atoms with Crippen LogP contribution in [0.2, 0.25) is 0 Å². The highest BCUT2D eigenvalue weighted by Crippen LogP contribution is 2.19. The maximum atomic E-state index is 12.9. The van der Waals surface area contributed by atoms with Gasteiger partial charge in [-0.25, -0.2) is 13.2 Å². The van der Waals surface area contributed by atoms with Crippen LogP contribution >= 0.6 is 0 Å². The molecular weight excluding hydrogens is 219 g/mol. The molecule has 1 atom stereocenters. The van der Waals surface area contributed by atoms with Crippen molar-refractivity contribution in [1.82, 2.24) is 5.32 Å². The zero-order valence-corrected chi connectivity index (χ0v) is 9.10. The van der Waals surface area contributed by atoms with Crippen LogP contribution in [0.3, 0.4) is 0 Å². The lowest BCUT2D eigenvalue weighted by molar-refractivity contribution is 0.236. The van der Waals surface area contributed by atoms with Crippen LogP contribution in [0.15, 0.2) is 12.1 Å². The first-order valence-corrected chi connectivity index (χ1v) is 4.97. The summed E-state index contributed by atoms with van der Waals surface area (Å²) in [6.45, 7) is 3.35. The van der Waals surface area contributed by atoms with Crippen molar-refractivity contribution in [3.63, 3.8) is 0 Å². The molecule has 0 aliphatic rings. The zero-order valence-electron chi connectivity index (χ0n) is 9.10. The van der Waals surface area contributed by atoms with Gasteiger partial charge >= 0.3 is 0 Å². The van der Waals surface area contributed by atoms with Gasteiger partial charge in [-0.2, -0.15) is 0 Å². The van der Waals surface area contributed by atoms with Crippen molar-refractivity contribution >= 4 is 0 Å². The molecule has 0 radical (unpaired) electrons. The Morgan fingerprint density at radius 3 is 2.06 bits per heavy atom. The summed E-state index contributed by atoms with van der Waals surface area (Å²) in [6.07, 6.45) is 0. The summed E-state index contributed by atoms with van der Waals surface area (Å²) in [5.74, 6) is -4.00. The molecular formula is C11H14F3NO. The summed E-state index contributed by atoms with van der Waals surface area (Å²) >= 11 is 0. The van der Waals surface area contributed by atoms with E-state index < -0.39 is 23.5 Å². The molecule has 1 rings (SSSR count). The van der Waals surface area contributed by atoms with Crippen molar-refractivity contribution < 1.29 is 18.3 Å². The number of benzene rings is 1. The molecule has 1 unspecified atom stereocenters. The second-order valence-corrected chi connectivity index (χ2v) is 3.86. The Hall–Kier alpha value is -1.07. The third-order valence-electron chi connectivity index (χ3n) is 2.13. The van der Waals surface area contributed by atoms with Crippen molar-refractivity contribution in [3.8, 4) is 0 Å². The molecule has 1 aromatic carbocycles. The molecule has 2 N–H and O–H groups in total. The summed E-state index contributed by atoms with van der Waals surface area (Å²) in [5.41, 5.74) is 0.188. The second-order valence-electron chi connectivity index (χ2n) is 3.86. The molecule has 0 amide bonds. The first-order valence-electron chi connectivity index (χ1n) is 4.97. The number of rotatable bonds is 4. The highest BCUT2D eigenvalue weighted by Gasteiger charge is 2.17. The lowest BCUT2D eigenvalue weighted by Crippen LogP contribution is -2.30. The minimum Gasteiger partial charge on any atom is -0.394 e. The van der Waals surface area contributed by atoms with Crippen LogP contribution < -0.4 is 5.32 Å². The Balaban J connectivity index is 3.01. The monoisotopic (exact) mass is 233 g/mol. The third kappa shape index (κ3) is 2.96. The minimum absolute atomic E-state index is 0.0355. The van der Waals surface area contributed by atoms with Gasteiger partial charge in [-0.3, -0.25) is 0 Å². The maximum absolute atomic E-state index is 12.9. The Kier molecular flexibility index (Phi) is 4.32. The van der Waals surface area contributed by atoms with Crippen LogP contribution in [-0.4, -0.2) is 17.8 Å². The number of aliphatic hydroxyl groups is 1. The minimum atomic E-state index is -1.50. The molecule has 2 nitrogen and oxygen atoms in total. The summed E-state index contributed by atoms with van der Waals surface area (Å²) < 4.78 is 38.6. The first kappa shape index (κ1) is 13.0. The van der Waals surface area contributed by atoms with Crippen LogP contribution in [0, 0.1) is 17.5 Å². The van der Waals surface area contributed by atoms with Gasteiger partial charge in [0.2, 0.25) is 0 Å². The fourth-order valence-corrected chi connectivity index (χ4v) is 1.43. The van der Waals surface area contributed by atoms with Crippen molar-refractivity contribution in [2.75, 3.05) is 6.61 Å². The van der Waals surface area contributed by atoms with Crippen molar-refractivity contribution in [2.24, 2.45) is 0 Å². The van der Waals surface area contributed by atoms with E-state index >= 15 is 0 Å². The molecule has 0 saturated heterocycles. The van der Waals surface area contributed by atoms with Crippen LogP contribution in [0.25, 0.3) is 0 Å². The fraction of sp³-hybridized carbons (Fsp3) is 0.455. The van der Waals surface area contributed by atoms with Gasteiger partial charge in [-0.1, -0.05) is 13.8 Å². The molecule has 0 heterocycles. The van der Waals surface area contributed by atoms with Gasteiger partial charge < -0.3 is 10.4 Å². The molecule has 0 aromatic heterocycles. The molecule has 0 saturated carbocycles. The van der Waals surface area contributed by atoms with Gasteiger partial charge in [-0.05, 0) is 17.7 Å². The molecule has 0 aliphatic carbocycles. The lowest BCUT2D eigenvalue weighted by atomic mass is 10.1. The average molecular weight is 233 g/mol. The van der Waals surface area contributed by atoms with E-state index in [2.05, 4.69) is 5.32 Å². The summed E-state index contributed by atoms with van der Waals surface area (Å²) in [4.78, 5) is 0. The topological polar surface area (TPSA) is 32.3 Å². The normalized spacial score (nSPS) is 13.2. The number of hydrogen-bond donors (Lipinski definition) is 2. The molecule has 0 bridgehead atoms. The predicted octanol–water partition coefficient (Wildman–Crippen LogP) is 2.14. The smallest absolute Gasteiger partial charge is 0.194 e. The molecule has 1 aromatic rings. The molecule has 0 aliphatic heterocycles. The van der Waals surface area contributed by atoms with Gasteiger partial charge in [0.15, 0.2) is 17.5 Å². The predicted molar refractivity (Wildman–Crippen MR) is 54.4 cm³/mol. The van der Waals surface area contributed by atoms with Gasteiger partial charge in [-0.15, -0.1) is 0 Å². The lowest BCUT2D eigenvalue weighted by Gasteiger charge is -2.19. The Morgan fingerprint density at radius 2 is 1.69 bits per heavy atom. The van der Waals surface area contributed by atoms with E-state index in [-0.39, 0.29) is 18.2 Å². The Labute approximate surface area is 92.1 Å². The van der Waals surface area contributed by atoms with E-state index in [0.717, 1.165) is 12.1 Å². The van der Waals surface area contributed by atoms with E-state index in [4.69, 9.17) is 5.11 Å². The van der Waals surface area contributed by atoms with Crippen LogP contribution in [0.1, 0.15) is 25.5 Å². The Bertz CT molecular complexity index is 345. The van der Waals surface area contributed by atoms with Gasteiger partial charge in [0, 0.05) is 6.04 Å². The first-order chi connectivity index (χ1) is 7.45. The fourth-order valence-electron chi connectivity index (χ4n) is 1.43. The molecule has 0 fully saturated rings. The quantitative estimate of drug-likeness (QED) is 0.781. The summed E-state index contributed by atoms with van der Waals surface area (Å²) in [5, 5.41) is 12.0.